The van der Waals surface area contributed by atoms with E-state index in [1.165, 1.54) is 0 Å². The molecule has 1 heterocycles. The van der Waals surface area contributed by atoms with Crippen LogP contribution in [0.3, 0.4) is 0 Å². The van der Waals surface area contributed by atoms with Gasteiger partial charge in [-0.15, -0.1) is 12.6 Å². The van der Waals surface area contributed by atoms with E-state index in [-0.39, 0.29) is 25.2 Å². The van der Waals surface area contributed by atoms with E-state index in [9.17, 15) is 13.6 Å². The molecular formula is C11H16F2N2OS. The highest BCUT2D eigenvalue weighted by Gasteiger charge is 2.43. The number of halogens is 2. The van der Waals surface area contributed by atoms with Gasteiger partial charge >= 0.3 is 0 Å². The Balaban J connectivity index is 1.98. The molecule has 6 heteroatoms. The molecule has 1 aliphatic carbocycles. The van der Waals surface area contributed by atoms with Crippen LogP contribution in [-0.4, -0.2) is 29.8 Å². The van der Waals surface area contributed by atoms with Crippen LogP contribution >= 0.6 is 12.6 Å². The van der Waals surface area contributed by atoms with Crippen LogP contribution in [0.5, 0.6) is 0 Å². The Labute approximate surface area is 104 Å². The standard InChI is InChI=1S/C11H16F2N2OS/c12-11(13)3-1-7(5-11)10(16)15-4-2-8(14)9(17)6-15/h7,17H,1-6,14H2. The van der Waals surface area contributed by atoms with E-state index in [1.54, 1.807) is 4.90 Å². The van der Waals surface area contributed by atoms with Gasteiger partial charge < -0.3 is 10.6 Å². The first-order valence-electron chi connectivity index (χ1n) is 5.72. The summed E-state index contributed by atoms with van der Waals surface area (Å²) in [6.07, 6.45) is 0.365. The molecule has 2 rings (SSSR count). The summed E-state index contributed by atoms with van der Waals surface area (Å²) >= 11 is 4.20. The van der Waals surface area contributed by atoms with Crippen molar-refractivity contribution in [2.75, 3.05) is 13.1 Å². The maximum absolute atomic E-state index is 13.0. The second-order valence-electron chi connectivity index (χ2n) is 4.78. The van der Waals surface area contributed by atoms with Gasteiger partial charge in [-0.05, 0) is 6.42 Å². The van der Waals surface area contributed by atoms with Crippen molar-refractivity contribution in [1.82, 2.24) is 4.90 Å². The van der Waals surface area contributed by atoms with Crippen molar-refractivity contribution in [3.63, 3.8) is 0 Å². The number of amides is 1. The number of carbonyl (C=O) groups excluding carboxylic acids is 1. The minimum atomic E-state index is -2.67. The predicted octanol–water partition coefficient (Wildman–Crippen LogP) is 1.75. The Kier molecular flexibility index (Phi) is 3.34. The molecule has 2 N–H and O–H groups in total. The number of nitrogens with zero attached hydrogens (tertiary/aromatic N) is 1. The highest BCUT2D eigenvalue weighted by Crippen LogP contribution is 2.40. The first-order chi connectivity index (χ1) is 7.89. The third-order valence-corrected chi connectivity index (χ3v) is 3.86. The molecule has 17 heavy (non-hydrogen) atoms. The van der Waals surface area contributed by atoms with E-state index in [1.807, 2.05) is 0 Å². The lowest BCUT2D eigenvalue weighted by atomic mass is 10.0. The Morgan fingerprint density at radius 2 is 2.24 bits per heavy atom. The Morgan fingerprint density at radius 3 is 2.76 bits per heavy atom. The quantitative estimate of drug-likeness (QED) is 0.707. The molecule has 0 saturated heterocycles. The van der Waals surface area contributed by atoms with Crippen molar-refractivity contribution in [3.05, 3.63) is 10.6 Å². The first-order valence-corrected chi connectivity index (χ1v) is 6.17. The fraction of sp³-hybridized carbons (Fsp3) is 0.727. The number of hydrogen-bond donors (Lipinski definition) is 2. The number of alkyl halides is 2. The fourth-order valence-corrected chi connectivity index (χ4v) is 2.65. The molecule has 96 valence electrons. The number of rotatable bonds is 1. The summed E-state index contributed by atoms with van der Waals surface area (Å²) in [4.78, 5) is 14.3. The van der Waals surface area contributed by atoms with Crippen molar-refractivity contribution in [2.45, 2.75) is 31.6 Å². The largest absolute Gasteiger partial charge is 0.401 e. The second-order valence-corrected chi connectivity index (χ2v) is 5.32. The topological polar surface area (TPSA) is 46.3 Å². The van der Waals surface area contributed by atoms with Crippen molar-refractivity contribution in [1.29, 1.82) is 0 Å². The lowest BCUT2D eigenvalue weighted by Gasteiger charge is -2.30. The van der Waals surface area contributed by atoms with Gasteiger partial charge in [0.1, 0.15) is 0 Å². The van der Waals surface area contributed by atoms with Gasteiger partial charge in [0, 0.05) is 42.3 Å². The lowest BCUT2D eigenvalue weighted by molar-refractivity contribution is -0.136. The molecule has 1 saturated carbocycles. The monoisotopic (exact) mass is 262 g/mol. The molecule has 3 nitrogen and oxygen atoms in total. The Bertz CT molecular complexity index is 370. The molecule has 0 bridgehead atoms. The molecule has 2 aliphatic rings. The van der Waals surface area contributed by atoms with Gasteiger partial charge in [0.25, 0.3) is 0 Å². The summed E-state index contributed by atoms with van der Waals surface area (Å²) < 4.78 is 26.1. The van der Waals surface area contributed by atoms with Gasteiger partial charge in [0.2, 0.25) is 11.8 Å². The van der Waals surface area contributed by atoms with Crippen molar-refractivity contribution in [2.24, 2.45) is 11.7 Å². The van der Waals surface area contributed by atoms with Crippen LogP contribution in [0.2, 0.25) is 0 Å². The third-order valence-electron chi connectivity index (χ3n) is 3.43. The smallest absolute Gasteiger partial charge is 0.248 e. The maximum atomic E-state index is 13.0. The second kappa shape index (κ2) is 4.48. The Hall–Kier alpha value is -0.780. The van der Waals surface area contributed by atoms with Crippen LogP contribution in [0.1, 0.15) is 25.7 Å². The van der Waals surface area contributed by atoms with Crippen LogP contribution in [0.15, 0.2) is 10.6 Å². The van der Waals surface area contributed by atoms with Crippen molar-refractivity contribution >= 4 is 18.5 Å². The van der Waals surface area contributed by atoms with Crippen molar-refractivity contribution < 1.29 is 13.6 Å². The molecule has 0 aromatic heterocycles. The van der Waals surface area contributed by atoms with Crippen LogP contribution in [0.25, 0.3) is 0 Å². The average molecular weight is 262 g/mol. The van der Waals surface area contributed by atoms with Crippen molar-refractivity contribution in [3.8, 4) is 0 Å². The summed E-state index contributed by atoms with van der Waals surface area (Å²) in [7, 11) is 0. The molecule has 1 unspecified atom stereocenters. The van der Waals surface area contributed by atoms with Crippen LogP contribution < -0.4 is 5.73 Å². The predicted molar refractivity (Wildman–Crippen MR) is 63.7 cm³/mol. The zero-order valence-electron chi connectivity index (χ0n) is 9.46. The molecule has 0 radical (unpaired) electrons. The van der Waals surface area contributed by atoms with E-state index in [2.05, 4.69) is 12.6 Å². The molecule has 1 aliphatic heterocycles. The highest BCUT2D eigenvalue weighted by atomic mass is 32.1. The van der Waals surface area contributed by atoms with Crippen LogP contribution in [-0.2, 0) is 4.79 Å². The summed E-state index contributed by atoms with van der Waals surface area (Å²) in [5.74, 6) is -3.39. The maximum Gasteiger partial charge on any atom is 0.248 e. The summed E-state index contributed by atoms with van der Waals surface area (Å²) in [5.41, 5.74) is 6.37. The number of carbonyl (C=O) groups is 1. The van der Waals surface area contributed by atoms with E-state index in [0.29, 0.717) is 30.1 Å². The Morgan fingerprint density at radius 1 is 1.53 bits per heavy atom. The third kappa shape index (κ3) is 2.73. The fourth-order valence-electron chi connectivity index (χ4n) is 2.37. The van der Waals surface area contributed by atoms with E-state index >= 15 is 0 Å². The number of thiol groups is 1. The van der Waals surface area contributed by atoms with E-state index < -0.39 is 11.8 Å². The molecule has 1 fully saturated rings. The summed E-state index contributed by atoms with van der Waals surface area (Å²) in [6, 6.07) is 0. The van der Waals surface area contributed by atoms with Gasteiger partial charge in [-0.1, -0.05) is 0 Å². The van der Waals surface area contributed by atoms with E-state index in [0.717, 1.165) is 0 Å². The molecule has 0 spiro atoms. The highest BCUT2D eigenvalue weighted by molar-refractivity contribution is 7.84. The molecular weight excluding hydrogens is 246 g/mol. The van der Waals surface area contributed by atoms with Gasteiger partial charge in [-0.3, -0.25) is 4.79 Å². The summed E-state index contributed by atoms with van der Waals surface area (Å²) in [5, 5.41) is 0. The minimum absolute atomic E-state index is 0.178. The number of hydrogen-bond acceptors (Lipinski definition) is 3. The van der Waals surface area contributed by atoms with Gasteiger partial charge in [-0.25, -0.2) is 8.78 Å². The van der Waals surface area contributed by atoms with Crippen LogP contribution in [0.4, 0.5) is 8.78 Å². The number of nitrogens with two attached hydrogens (primary N) is 1. The average Bonchev–Trinajstić information content (AvgIpc) is 2.62. The zero-order valence-corrected chi connectivity index (χ0v) is 10.4. The molecule has 0 aromatic rings. The zero-order chi connectivity index (χ0) is 12.6. The van der Waals surface area contributed by atoms with E-state index in [4.69, 9.17) is 5.73 Å². The summed E-state index contributed by atoms with van der Waals surface area (Å²) in [6.45, 7) is 0.868. The molecule has 1 atom stereocenters. The van der Waals surface area contributed by atoms with Gasteiger partial charge in [-0.2, -0.15) is 0 Å². The molecule has 1 amide bonds. The normalized spacial score (nSPS) is 28.6. The molecule has 0 aromatic carbocycles. The first kappa shape index (κ1) is 12.7. The SMILES string of the molecule is NC1=C(S)CN(C(=O)C2CCC(F)(F)C2)CC1. The van der Waals surface area contributed by atoms with Gasteiger partial charge in [0.05, 0.1) is 6.54 Å². The minimum Gasteiger partial charge on any atom is -0.401 e. The lowest BCUT2D eigenvalue weighted by Crippen LogP contribution is -2.40. The van der Waals surface area contributed by atoms with Gasteiger partial charge in [0.15, 0.2) is 0 Å². The van der Waals surface area contributed by atoms with Crippen LogP contribution in [0, 0.1) is 5.92 Å².